The molecule has 11 nitrogen and oxygen atoms in total. The first-order valence-corrected chi connectivity index (χ1v) is 8.38. The molecule has 0 aliphatic carbocycles. The lowest BCUT2D eigenvalue weighted by molar-refractivity contribution is -0.134. The van der Waals surface area contributed by atoms with E-state index >= 15 is 0 Å². The highest BCUT2D eigenvalue weighted by Crippen LogP contribution is 2.42. The Balaban J connectivity index is 2.06. The van der Waals surface area contributed by atoms with Gasteiger partial charge in [-0.2, -0.15) is 4.39 Å². The van der Waals surface area contributed by atoms with Crippen LogP contribution in [0, 0.1) is 5.82 Å². The van der Waals surface area contributed by atoms with Crippen molar-refractivity contribution in [2.24, 2.45) is 0 Å². The fourth-order valence-corrected chi connectivity index (χ4v) is 2.93. The topological polar surface area (TPSA) is 168 Å². The number of rotatable bonds is 6. The van der Waals surface area contributed by atoms with Gasteiger partial charge in [0, 0.05) is 6.42 Å². The van der Waals surface area contributed by atoms with E-state index in [1.807, 2.05) is 0 Å². The molecule has 1 saturated heterocycles. The van der Waals surface area contributed by atoms with Crippen molar-refractivity contribution in [3.63, 3.8) is 0 Å². The number of nitrogens with zero attached hydrogens (tertiary/aromatic N) is 1. The van der Waals surface area contributed by atoms with E-state index in [4.69, 9.17) is 9.84 Å². The normalized spacial score (nSPS) is 26.2. The number of carbonyl (C=O) groups is 1. The van der Waals surface area contributed by atoms with Gasteiger partial charge in [0.05, 0.1) is 18.9 Å². The summed E-state index contributed by atoms with van der Waals surface area (Å²) >= 11 is 0. The molecular weight excluding hydrogens is 354 g/mol. The average Bonchev–Trinajstić information content (AvgIpc) is 2.80. The van der Waals surface area contributed by atoms with Crippen LogP contribution in [0.25, 0.3) is 0 Å². The number of hydrogen-bond acceptors (Lipinski definition) is 7. The Labute approximate surface area is 132 Å². The van der Waals surface area contributed by atoms with E-state index in [1.54, 1.807) is 4.98 Å². The highest BCUT2D eigenvalue weighted by Gasteiger charge is 2.37. The number of carboxylic acids is 1. The number of aliphatic hydroxyl groups excluding tert-OH is 1. The smallest absolute Gasteiger partial charge is 0.339 e. The Morgan fingerprint density at radius 2 is 2.21 bits per heavy atom. The van der Waals surface area contributed by atoms with E-state index in [2.05, 4.69) is 4.52 Å². The second-order valence-electron chi connectivity index (χ2n) is 5.06. The number of aliphatic carboxylic acids is 1. The molecule has 0 spiro atoms. The number of nitrogens with one attached hydrogen (secondary N) is 1. The molecule has 1 unspecified atom stereocenters. The van der Waals surface area contributed by atoms with Crippen LogP contribution >= 0.6 is 7.60 Å². The van der Waals surface area contributed by atoms with Gasteiger partial charge in [0.15, 0.2) is 0 Å². The molecule has 0 saturated carbocycles. The van der Waals surface area contributed by atoms with E-state index < -0.39 is 61.8 Å². The summed E-state index contributed by atoms with van der Waals surface area (Å²) in [5.74, 6) is -2.77. The first-order chi connectivity index (χ1) is 11.1. The SMILES string of the molecule is O=C(O)CP(=O)(O)OC[C@H]1O[C@@H](n2cc(F)c(=O)[nH]c2=O)C[C@@H]1O. The Morgan fingerprint density at radius 1 is 1.54 bits per heavy atom. The quantitative estimate of drug-likeness (QED) is 0.442. The third-order valence-corrected chi connectivity index (χ3v) is 4.44. The first-order valence-electron chi connectivity index (χ1n) is 6.61. The van der Waals surface area contributed by atoms with E-state index in [9.17, 15) is 33.3 Å². The van der Waals surface area contributed by atoms with Crippen molar-refractivity contribution in [2.45, 2.75) is 24.9 Å². The molecule has 4 N–H and O–H groups in total. The van der Waals surface area contributed by atoms with Crippen molar-refractivity contribution >= 4 is 13.6 Å². The third kappa shape index (κ3) is 4.36. The number of hydrogen-bond donors (Lipinski definition) is 4. The molecule has 2 heterocycles. The van der Waals surface area contributed by atoms with E-state index in [0.717, 1.165) is 4.57 Å². The second kappa shape index (κ2) is 6.95. The molecule has 1 aliphatic heterocycles. The lowest BCUT2D eigenvalue weighted by atomic mass is 10.2. The Hall–Kier alpha value is -1.85. The molecule has 13 heteroatoms. The number of carboxylic acid groups (broad SMARTS) is 1. The summed E-state index contributed by atoms with van der Waals surface area (Å²) in [6.07, 6.45) is -4.18. The van der Waals surface area contributed by atoms with Crippen molar-refractivity contribution in [1.29, 1.82) is 0 Å². The van der Waals surface area contributed by atoms with Crippen molar-refractivity contribution in [1.82, 2.24) is 9.55 Å². The maximum atomic E-state index is 13.3. The molecule has 134 valence electrons. The molecular formula is C11H14FN2O9P. The van der Waals surface area contributed by atoms with Crippen molar-refractivity contribution < 1.29 is 38.1 Å². The van der Waals surface area contributed by atoms with Gasteiger partial charge in [-0.05, 0) is 0 Å². The number of aromatic nitrogens is 2. The number of aromatic amines is 1. The standard InChI is InChI=1S/C11H14FN2O9P/c12-5-2-14(11(19)13-10(5)18)8-1-6(15)7(23-8)3-22-24(20,21)4-9(16)17/h2,6-8,15H,1,3-4H2,(H,16,17)(H,20,21)(H,13,18,19)/t6-,7+,8+/m0/s1. The lowest BCUT2D eigenvalue weighted by Crippen LogP contribution is -2.34. The fourth-order valence-electron chi connectivity index (χ4n) is 2.12. The predicted molar refractivity (Wildman–Crippen MR) is 74.1 cm³/mol. The first kappa shape index (κ1) is 18.5. The number of halogens is 1. The molecule has 2 rings (SSSR count). The highest BCUT2D eigenvalue weighted by molar-refractivity contribution is 7.53. The average molecular weight is 368 g/mol. The lowest BCUT2D eigenvalue weighted by Gasteiger charge is -2.17. The molecule has 0 amide bonds. The van der Waals surface area contributed by atoms with Crippen LogP contribution in [0.15, 0.2) is 15.8 Å². The van der Waals surface area contributed by atoms with Gasteiger partial charge in [-0.25, -0.2) is 4.79 Å². The molecule has 1 aromatic rings. The fraction of sp³-hybridized carbons (Fsp3) is 0.545. The summed E-state index contributed by atoms with van der Waals surface area (Å²) in [4.78, 5) is 44.0. The monoisotopic (exact) mass is 368 g/mol. The van der Waals surface area contributed by atoms with Gasteiger partial charge in [0.25, 0.3) is 5.56 Å². The molecule has 24 heavy (non-hydrogen) atoms. The Kier molecular flexibility index (Phi) is 5.35. The number of H-pyrrole nitrogens is 1. The van der Waals surface area contributed by atoms with Crippen LogP contribution in [0.2, 0.25) is 0 Å². The van der Waals surface area contributed by atoms with Gasteiger partial charge >= 0.3 is 19.3 Å². The summed E-state index contributed by atoms with van der Waals surface area (Å²) < 4.78 is 35.3. The zero-order valence-corrected chi connectivity index (χ0v) is 12.9. The van der Waals surface area contributed by atoms with Crippen LogP contribution in [0.4, 0.5) is 4.39 Å². The Bertz CT molecular complexity index is 790. The van der Waals surface area contributed by atoms with Crippen LogP contribution < -0.4 is 11.2 Å². The molecule has 0 aromatic carbocycles. The maximum absolute atomic E-state index is 13.3. The van der Waals surface area contributed by atoms with E-state index in [0.29, 0.717) is 6.20 Å². The zero-order valence-electron chi connectivity index (χ0n) is 12.0. The highest BCUT2D eigenvalue weighted by atomic mass is 31.2. The third-order valence-electron chi connectivity index (χ3n) is 3.21. The molecule has 1 fully saturated rings. The summed E-state index contributed by atoms with van der Waals surface area (Å²) in [6, 6.07) is 0. The van der Waals surface area contributed by atoms with Crippen LogP contribution in [-0.4, -0.2) is 55.6 Å². The van der Waals surface area contributed by atoms with Crippen molar-refractivity contribution in [3.05, 3.63) is 32.9 Å². The summed E-state index contributed by atoms with van der Waals surface area (Å²) in [5.41, 5.74) is -2.16. The molecule has 0 bridgehead atoms. The van der Waals surface area contributed by atoms with Crippen LogP contribution in [-0.2, 0) is 18.6 Å². The van der Waals surface area contributed by atoms with Gasteiger partial charge in [-0.1, -0.05) is 0 Å². The number of aliphatic hydroxyl groups is 1. The van der Waals surface area contributed by atoms with Gasteiger partial charge in [-0.15, -0.1) is 0 Å². The van der Waals surface area contributed by atoms with E-state index in [-0.39, 0.29) is 6.42 Å². The van der Waals surface area contributed by atoms with E-state index in [1.165, 1.54) is 0 Å². The minimum atomic E-state index is -4.41. The van der Waals surface area contributed by atoms with Crippen molar-refractivity contribution in [3.8, 4) is 0 Å². The van der Waals surface area contributed by atoms with Gasteiger partial charge in [0.1, 0.15) is 18.5 Å². The molecule has 1 aliphatic rings. The largest absolute Gasteiger partial charge is 0.481 e. The maximum Gasteiger partial charge on any atom is 0.339 e. The van der Waals surface area contributed by atoms with Crippen LogP contribution in [0.3, 0.4) is 0 Å². The predicted octanol–water partition coefficient (Wildman–Crippen LogP) is -1.39. The molecule has 1 aromatic heterocycles. The Morgan fingerprint density at radius 3 is 2.83 bits per heavy atom. The minimum Gasteiger partial charge on any atom is -0.481 e. The van der Waals surface area contributed by atoms with Gasteiger partial charge < -0.3 is 24.4 Å². The molecule has 4 atom stereocenters. The summed E-state index contributed by atoms with van der Waals surface area (Å²) in [6.45, 7) is -0.612. The van der Waals surface area contributed by atoms with Crippen molar-refractivity contribution in [2.75, 3.05) is 12.8 Å². The second-order valence-corrected chi connectivity index (χ2v) is 6.91. The zero-order chi connectivity index (χ0) is 18.1. The number of ether oxygens (including phenoxy) is 1. The van der Waals surface area contributed by atoms with Gasteiger partial charge in [-0.3, -0.25) is 23.7 Å². The van der Waals surface area contributed by atoms with Crippen LogP contribution in [0.5, 0.6) is 0 Å². The van der Waals surface area contributed by atoms with Gasteiger partial charge in [0.2, 0.25) is 5.82 Å². The van der Waals surface area contributed by atoms with Crippen LogP contribution in [0.1, 0.15) is 12.6 Å². The minimum absolute atomic E-state index is 0.173. The summed E-state index contributed by atoms with van der Waals surface area (Å²) in [7, 11) is -4.41. The molecule has 0 radical (unpaired) electrons. The summed E-state index contributed by atoms with van der Waals surface area (Å²) in [5, 5.41) is 18.3.